The van der Waals surface area contributed by atoms with Gasteiger partial charge in [0.15, 0.2) is 0 Å². The number of carbonyl (C=O) groups is 1. The number of aromatic nitrogens is 2. The number of rotatable bonds is 8. The van der Waals surface area contributed by atoms with Gasteiger partial charge in [0.05, 0.1) is 11.6 Å². The van der Waals surface area contributed by atoms with Gasteiger partial charge in [-0.25, -0.2) is 9.97 Å². The molecule has 1 amide bonds. The molecule has 3 aromatic carbocycles. The Bertz CT molecular complexity index is 1300. The number of carbonyl (C=O) groups excluding carboxylic acids is 1. The molecule has 4 aromatic rings. The molecule has 1 aromatic heterocycles. The summed E-state index contributed by atoms with van der Waals surface area (Å²) in [6.45, 7) is 2.35. The molecule has 6 nitrogen and oxygen atoms in total. The number of hydrogen-bond donors (Lipinski definition) is 2. The first-order chi connectivity index (χ1) is 16.2. The van der Waals surface area contributed by atoms with Crippen LogP contribution in [0.15, 0.2) is 79.1 Å². The molecule has 0 radical (unpaired) electrons. The summed E-state index contributed by atoms with van der Waals surface area (Å²) in [7, 11) is 0. The van der Waals surface area contributed by atoms with E-state index in [0.29, 0.717) is 13.0 Å². The van der Waals surface area contributed by atoms with Crippen LogP contribution < -0.4 is 10.6 Å². The van der Waals surface area contributed by atoms with Crippen LogP contribution in [0.25, 0.3) is 22.0 Å². The van der Waals surface area contributed by atoms with Crippen molar-refractivity contribution >= 4 is 28.3 Å². The summed E-state index contributed by atoms with van der Waals surface area (Å²) in [6, 6.07) is 26.1. The Morgan fingerprint density at radius 3 is 2.61 bits per heavy atom. The minimum absolute atomic E-state index is 0.218. The highest BCUT2D eigenvalue weighted by molar-refractivity contribution is 5.93. The normalized spacial score (nSPS) is 11.5. The van der Waals surface area contributed by atoms with E-state index in [1.54, 1.807) is 6.33 Å². The zero-order valence-electron chi connectivity index (χ0n) is 18.5. The Balaban J connectivity index is 1.57. The second-order valence-corrected chi connectivity index (χ2v) is 7.83. The second kappa shape index (κ2) is 10.4. The van der Waals surface area contributed by atoms with E-state index in [4.69, 9.17) is 0 Å². The second-order valence-electron chi connectivity index (χ2n) is 7.83. The predicted octanol–water partition coefficient (Wildman–Crippen LogP) is 5.60. The van der Waals surface area contributed by atoms with Crippen LogP contribution in [0.4, 0.5) is 11.5 Å². The van der Waals surface area contributed by atoms with Gasteiger partial charge in [0, 0.05) is 17.6 Å². The standard InChI is InChI=1S/C27H25N5O/c1-2-7-22(16-28)27(33)29-17-19-8-6-9-20(14-19)21-12-13-25-24(15-21)26(31-18-30-25)32-23-10-4-3-5-11-23/h3-6,8-15,18,22H,2,7,17H2,1H3,(H,29,33)(H,30,31,32). The molecule has 0 aliphatic heterocycles. The first kappa shape index (κ1) is 22.0. The molecule has 0 aliphatic carbocycles. The maximum atomic E-state index is 12.3. The van der Waals surface area contributed by atoms with Crippen molar-refractivity contribution in [2.75, 3.05) is 5.32 Å². The lowest BCUT2D eigenvalue weighted by Gasteiger charge is -2.12. The highest BCUT2D eigenvalue weighted by Crippen LogP contribution is 2.29. The average Bonchev–Trinajstić information content (AvgIpc) is 2.86. The van der Waals surface area contributed by atoms with Gasteiger partial charge in [-0.2, -0.15) is 5.26 Å². The van der Waals surface area contributed by atoms with E-state index < -0.39 is 5.92 Å². The Labute approximate surface area is 193 Å². The van der Waals surface area contributed by atoms with Crippen molar-refractivity contribution < 1.29 is 4.79 Å². The van der Waals surface area contributed by atoms with Crippen LogP contribution in [-0.4, -0.2) is 15.9 Å². The Hall–Kier alpha value is -4.24. The van der Waals surface area contributed by atoms with Crippen LogP contribution in [-0.2, 0) is 11.3 Å². The maximum Gasteiger partial charge on any atom is 0.237 e. The van der Waals surface area contributed by atoms with Crippen molar-refractivity contribution in [3.63, 3.8) is 0 Å². The lowest BCUT2D eigenvalue weighted by molar-refractivity contribution is -0.123. The van der Waals surface area contributed by atoms with Crippen molar-refractivity contribution in [1.29, 1.82) is 5.26 Å². The number of nitriles is 1. The van der Waals surface area contributed by atoms with Gasteiger partial charge >= 0.3 is 0 Å². The summed E-state index contributed by atoms with van der Waals surface area (Å²) < 4.78 is 0. The summed E-state index contributed by atoms with van der Waals surface area (Å²) >= 11 is 0. The van der Waals surface area contributed by atoms with Crippen molar-refractivity contribution in [3.8, 4) is 17.2 Å². The zero-order chi connectivity index (χ0) is 23.0. The van der Waals surface area contributed by atoms with Gasteiger partial charge in [-0.05, 0) is 53.4 Å². The van der Waals surface area contributed by atoms with Crippen molar-refractivity contribution in [2.45, 2.75) is 26.3 Å². The number of amides is 1. The van der Waals surface area contributed by atoms with Crippen LogP contribution >= 0.6 is 0 Å². The van der Waals surface area contributed by atoms with Gasteiger partial charge in [0.1, 0.15) is 18.1 Å². The third-order valence-electron chi connectivity index (χ3n) is 5.45. The Morgan fingerprint density at radius 2 is 1.82 bits per heavy atom. The lowest BCUT2D eigenvalue weighted by atomic mass is 10.0. The van der Waals surface area contributed by atoms with Crippen molar-refractivity contribution in [2.24, 2.45) is 5.92 Å². The molecule has 0 fully saturated rings. The zero-order valence-corrected chi connectivity index (χ0v) is 18.5. The smallest absolute Gasteiger partial charge is 0.237 e. The summed E-state index contributed by atoms with van der Waals surface area (Å²) in [5, 5.41) is 16.4. The van der Waals surface area contributed by atoms with E-state index in [2.05, 4.69) is 38.8 Å². The fourth-order valence-electron chi connectivity index (χ4n) is 3.71. The van der Waals surface area contributed by atoms with Crippen LogP contribution in [0, 0.1) is 17.2 Å². The molecule has 1 unspecified atom stereocenters. The minimum atomic E-state index is -0.603. The molecule has 0 saturated carbocycles. The molecule has 33 heavy (non-hydrogen) atoms. The average molecular weight is 436 g/mol. The van der Waals surface area contributed by atoms with Crippen LogP contribution in [0.1, 0.15) is 25.3 Å². The summed E-state index contributed by atoms with van der Waals surface area (Å²) in [4.78, 5) is 21.1. The van der Waals surface area contributed by atoms with E-state index in [-0.39, 0.29) is 5.91 Å². The molecule has 6 heteroatoms. The molecule has 0 aliphatic rings. The largest absolute Gasteiger partial charge is 0.351 e. The first-order valence-corrected chi connectivity index (χ1v) is 11.0. The number of para-hydroxylation sites is 1. The quantitative estimate of drug-likeness (QED) is 0.376. The molecular weight excluding hydrogens is 410 g/mol. The predicted molar refractivity (Wildman–Crippen MR) is 131 cm³/mol. The lowest BCUT2D eigenvalue weighted by Crippen LogP contribution is -2.29. The number of anilines is 2. The highest BCUT2D eigenvalue weighted by atomic mass is 16.1. The third-order valence-corrected chi connectivity index (χ3v) is 5.45. The fourth-order valence-corrected chi connectivity index (χ4v) is 3.71. The SMILES string of the molecule is CCCC(C#N)C(=O)NCc1cccc(-c2ccc3ncnc(Nc4ccccc4)c3c2)c1. The molecule has 1 heterocycles. The maximum absolute atomic E-state index is 12.3. The number of fused-ring (bicyclic) bond motifs is 1. The topological polar surface area (TPSA) is 90.7 Å². The van der Waals surface area contributed by atoms with Crippen molar-refractivity contribution in [1.82, 2.24) is 15.3 Å². The number of nitrogens with one attached hydrogen (secondary N) is 2. The van der Waals surface area contributed by atoms with E-state index in [0.717, 1.165) is 45.5 Å². The van der Waals surface area contributed by atoms with Gasteiger partial charge in [0.2, 0.25) is 5.91 Å². The van der Waals surface area contributed by atoms with Gasteiger partial charge in [0.25, 0.3) is 0 Å². The number of nitrogens with zero attached hydrogens (tertiary/aromatic N) is 3. The number of hydrogen-bond acceptors (Lipinski definition) is 5. The third kappa shape index (κ3) is 5.34. The van der Waals surface area contributed by atoms with Gasteiger partial charge in [-0.15, -0.1) is 0 Å². The first-order valence-electron chi connectivity index (χ1n) is 11.0. The summed E-state index contributed by atoms with van der Waals surface area (Å²) in [5.74, 6) is -0.0756. The molecule has 0 spiro atoms. The summed E-state index contributed by atoms with van der Waals surface area (Å²) in [6.07, 6.45) is 2.93. The van der Waals surface area contributed by atoms with E-state index in [1.807, 2.05) is 67.6 Å². The fraction of sp³-hybridized carbons (Fsp3) is 0.185. The molecule has 0 saturated heterocycles. The highest BCUT2D eigenvalue weighted by Gasteiger charge is 2.16. The Morgan fingerprint density at radius 1 is 1.00 bits per heavy atom. The molecule has 4 rings (SSSR count). The van der Waals surface area contributed by atoms with Gasteiger partial charge in [-0.3, -0.25) is 4.79 Å². The van der Waals surface area contributed by atoms with Gasteiger partial charge in [-0.1, -0.05) is 55.8 Å². The van der Waals surface area contributed by atoms with E-state index in [1.165, 1.54) is 0 Å². The van der Waals surface area contributed by atoms with Crippen LogP contribution in [0.2, 0.25) is 0 Å². The molecule has 0 bridgehead atoms. The molecule has 1 atom stereocenters. The van der Waals surface area contributed by atoms with E-state index >= 15 is 0 Å². The van der Waals surface area contributed by atoms with E-state index in [9.17, 15) is 10.1 Å². The molecule has 164 valence electrons. The molecular formula is C27H25N5O. The van der Waals surface area contributed by atoms with Crippen LogP contribution in [0.3, 0.4) is 0 Å². The van der Waals surface area contributed by atoms with Gasteiger partial charge < -0.3 is 10.6 Å². The monoisotopic (exact) mass is 435 g/mol. The van der Waals surface area contributed by atoms with Crippen molar-refractivity contribution in [3.05, 3.63) is 84.7 Å². The van der Waals surface area contributed by atoms with Crippen LogP contribution in [0.5, 0.6) is 0 Å². The number of benzene rings is 3. The molecule has 2 N–H and O–H groups in total. The minimum Gasteiger partial charge on any atom is -0.351 e. The Kier molecular flexibility index (Phi) is 6.91. The summed E-state index contributed by atoms with van der Waals surface area (Å²) in [5.41, 5.74) is 4.85.